The number of benzene rings is 1. The highest BCUT2D eigenvalue weighted by Gasteiger charge is 2.49. The van der Waals surface area contributed by atoms with Crippen molar-refractivity contribution in [1.82, 2.24) is 24.6 Å². The number of methoxy groups -OCH3 is 1. The van der Waals surface area contributed by atoms with Crippen molar-refractivity contribution in [1.29, 1.82) is 0 Å². The number of fused-ring (bicyclic) bond motifs is 1. The van der Waals surface area contributed by atoms with E-state index in [0.29, 0.717) is 17.4 Å². The molecule has 0 aliphatic carbocycles. The monoisotopic (exact) mass is 460 g/mol. The molecule has 0 unspecified atom stereocenters. The van der Waals surface area contributed by atoms with Crippen molar-refractivity contribution >= 4 is 23.0 Å². The van der Waals surface area contributed by atoms with Crippen molar-refractivity contribution < 1.29 is 4.74 Å². The van der Waals surface area contributed by atoms with Crippen molar-refractivity contribution in [2.24, 2.45) is 0 Å². The molecule has 5 heterocycles. The van der Waals surface area contributed by atoms with Crippen molar-refractivity contribution in [2.75, 3.05) is 49.7 Å². The fraction of sp³-hybridized carbons (Fsp3) is 0.480. The van der Waals surface area contributed by atoms with Gasteiger partial charge in [-0.05, 0) is 57.8 Å². The molecule has 3 N–H and O–H groups in total. The quantitative estimate of drug-likeness (QED) is 0.560. The number of nitrogens with zero attached hydrogens (tertiary/aromatic N) is 6. The van der Waals surface area contributed by atoms with Gasteiger partial charge in [0, 0.05) is 43.2 Å². The highest BCUT2D eigenvalue weighted by atomic mass is 16.5. The summed E-state index contributed by atoms with van der Waals surface area (Å²) in [6, 6.07) is 5.91. The maximum absolute atomic E-state index is 6.29. The lowest BCUT2D eigenvalue weighted by molar-refractivity contribution is 0.133. The van der Waals surface area contributed by atoms with E-state index >= 15 is 0 Å². The van der Waals surface area contributed by atoms with Gasteiger partial charge in [-0.3, -0.25) is 9.58 Å². The fourth-order valence-electron chi connectivity index (χ4n) is 5.76. The summed E-state index contributed by atoms with van der Waals surface area (Å²) in [6.07, 6.45) is 9.65. The number of aromatic nitrogens is 4. The van der Waals surface area contributed by atoms with Gasteiger partial charge < -0.3 is 20.7 Å². The van der Waals surface area contributed by atoms with Gasteiger partial charge in [0.15, 0.2) is 0 Å². The molecule has 1 spiro atoms. The van der Waals surface area contributed by atoms with Gasteiger partial charge >= 0.3 is 0 Å². The first-order valence-electron chi connectivity index (χ1n) is 12.2. The Balaban J connectivity index is 1.30. The van der Waals surface area contributed by atoms with Crippen LogP contribution in [0, 0.1) is 0 Å². The van der Waals surface area contributed by atoms with Crippen molar-refractivity contribution in [3.63, 3.8) is 0 Å². The smallest absolute Gasteiger partial charge is 0.227 e. The summed E-state index contributed by atoms with van der Waals surface area (Å²) in [4.78, 5) is 14.2. The van der Waals surface area contributed by atoms with E-state index in [1.807, 2.05) is 24.4 Å². The predicted molar refractivity (Wildman–Crippen MR) is 134 cm³/mol. The zero-order valence-electron chi connectivity index (χ0n) is 19.9. The molecule has 178 valence electrons. The number of anilines is 4. The minimum absolute atomic E-state index is 0.282. The molecule has 0 atom stereocenters. The summed E-state index contributed by atoms with van der Waals surface area (Å²) in [7, 11) is 3.89. The lowest BCUT2D eigenvalue weighted by atomic mass is 9.86. The van der Waals surface area contributed by atoms with Crippen LogP contribution < -0.4 is 20.7 Å². The van der Waals surface area contributed by atoms with Crippen molar-refractivity contribution in [3.8, 4) is 17.0 Å². The van der Waals surface area contributed by atoms with Crippen LogP contribution in [0.25, 0.3) is 11.3 Å². The standard InChI is InChI=1S/C25H32N8O/c1-31-10-5-8-25(31)15-32(16-25)22-13-23(34-2)18(26)12-20(22)30-24-27-9-7-19(29-24)17-14-28-33-11-4-3-6-21(17)33/h7,9,12-14H,3-6,8,10-11,15-16,26H2,1-2H3,(H,27,29,30). The Bertz CT molecular complexity index is 1220. The third-order valence-electron chi connectivity index (χ3n) is 7.76. The van der Waals surface area contributed by atoms with E-state index in [1.54, 1.807) is 13.3 Å². The Kier molecular flexibility index (Phi) is 5.09. The van der Waals surface area contributed by atoms with Crippen LogP contribution in [0.15, 0.2) is 30.6 Å². The zero-order chi connectivity index (χ0) is 23.3. The average Bonchev–Trinajstić information content (AvgIpc) is 3.42. The van der Waals surface area contributed by atoms with Gasteiger partial charge in [-0.15, -0.1) is 0 Å². The number of nitrogens with two attached hydrogens (primary N) is 1. The van der Waals surface area contributed by atoms with Gasteiger partial charge in [0.1, 0.15) is 5.75 Å². The van der Waals surface area contributed by atoms with E-state index < -0.39 is 0 Å². The second-order valence-corrected chi connectivity index (χ2v) is 9.79. The van der Waals surface area contributed by atoms with Gasteiger partial charge in [-0.2, -0.15) is 5.10 Å². The van der Waals surface area contributed by atoms with Gasteiger partial charge in [0.05, 0.1) is 41.6 Å². The largest absolute Gasteiger partial charge is 0.495 e. The maximum Gasteiger partial charge on any atom is 0.227 e. The molecule has 6 rings (SSSR count). The van der Waals surface area contributed by atoms with E-state index in [4.69, 9.17) is 15.5 Å². The van der Waals surface area contributed by atoms with Crippen LogP contribution in [0.5, 0.6) is 5.75 Å². The summed E-state index contributed by atoms with van der Waals surface area (Å²) in [5.41, 5.74) is 12.4. The summed E-state index contributed by atoms with van der Waals surface area (Å²) in [6.45, 7) is 4.14. The Labute approximate surface area is 199 Å². The van der Waals surface area contributed by atoms with Crippen LogP contribution in [0.1, 0.15) is 31.4 Å². The molecule has 0 radical (unpaired) electrons. The SMILES string of the molecule is COc1cc(N2CC3(CCCN3C)C2)c(Nc2nccc(-c3cnn4c3CCCC4)n2)cc1N. The van der Waals surface area contributed by atoms with E-state index in [2.05, 4.69) is 36.9 Å². The van der Waals surface area contributed by atoms with Crippen LogP contribution in [0.2, 0.25) is 0 Å². The van der Waals surface area contributed by atoms with Gasteiger partial charge in [-0.25, -0.2) is 9.97 Å². The Morgan fingerprint density at radius 1 is 1.15 bits per heavy atom. The predicted octanol–water partition coefficient (Wildman–Crippen LogP) is 3.30. The highest BCUT2D eigenvalue weighted by molar-refractivity contribution is 5.81. The topological polar surface area (TPSA) is 97.4 Å². The Morgan fingerprint density at radius 3 is 2.82 bits per heavy atom. The van der Waals surface area contributed by atoms with Crippen LogP contribution >= 0.6 is 0 Å². The summed E-state index contributed by atoms with van der Waals surface area (Å²) in [5.74, 6) is 1.23. The molecular formula is C25H32N8O. The number of rotatable bonds is 5. The molecule has 34 heavy (non-hydrogen) atoms. The van der Waals surface area contributed by atoms with E-state index in [-0.39, 0.29) is 5.54 Å². The molecule has 2 aromatic heterocycles. The minimum atomic E-state index is 0.282. The minimum Gasteiger partial charge on any atom is -0.495 e. The highest BCUT2D eigenvalue weighted by Crippen LogP contribution is 2.44. The summed E-state index contributed by atoms with van der Waals surface area (Å²) in [5, 5.41) is 8.02. The molecule has 3 aromatic rings. The number of likely N-dealkylation sites (N-methyl/N-ethyl adjacent to an activating group) is 1. The van der Waals surface area contributed by atoms with Crippen molar-refractivity contribution in [2.45, 2.75) is 44.2 Å². The van der Waals surface area contributed by atoms with Gasteiger partial charge in [0.2, 0.25) is 5.95 Å². The third-order valence-corrected chi connectivity index (χ3v) is 7.76. The lowest BCUT2D eigenvalue weighted by Gasteiger charge is -2.53. The number of aryl methyl sites for hydroxylation is 1. The molecule has 3 aliphatic heterocycles. The number of nitrogens with one attached hydrogen (secondary N) is 1. The molecule has 2 saturated heterocycles. The second kappa shape index (κ2) is 8.16. The molecule has 0 bridgehead atoms. The molecule has 9 heteroatoms. The van der Waals surface area contributed by atoms with E-state index in [9.17, 15) is 0 Å². The van der Waals surface area contributed by atoms with Crippen LogP contribution in [0.4, 0.5) is 23.0 Å². The fourth-order valence-corrected chi connectivity index (χ4v) is 5.76. The number of ether oxygens (including phenoxy) is 1. The van der Waals surface area contributed by atoms with Crippen LogP contribution in [0.3, 0.4) is 0 Å². The van der Waals surface area contributed by atoms with Gasteiger partial charge in [-0.1, -0.05) is 0 Å². The van der Waals surface area contributed by atoms with Gasteiger partial charge in [0.25, 0.3) is 0 Å². The molecular weight excluding hydrogens is 428 g/mol. The average molecular weight is 461 g/mol. The molecule has 1 aromatic carbocycles. The normalized spacial score (nSPS) is 19.2. The number of likely N-dealkylation sites (tertiary alicyclic amines) is 1. The first kappa shape index (κ1) is 21.2. The summed E-state index contributed by atoms with van der Waals surface area (Å²) >= 11 is 0. The van der Waals surface area contributed by atoms with Crippen molar-refractivity contribution in [3.05, 3.63) is 36.3 Å². The second-order valence-electron chi connectivity index (χ2n) is 9.79. The maximum atomic E-state index is 6.29. The third kappa shape index (κ3) is 3.46. The molecule has 9 nitrogen and oxygen atoms in total. The number of hydrogen-bond donors (Lipinski definition) is 2. The Hall–Kier alpha value is -3.33. The lowest BCUT2D eigenvalue weighted by Crippen LogP contribution is -2.67. The number of hydrogen-bond acceptors (Lipinski definition) is 8. The van der Waals surface area contributed by atoms with Crippen LogP contribution in [-0.2, 0) is 13.0 Å². The first-order valence-corrected chi connectivity index (χ1v) is 12.2. The zero-order valence-corrected chi connectivity index (χ0v) is 19.9. The molecule has 0 amide bonds. The Morgan fingerprint density at radius 2 is 2.03 bits per heavy atom. The van der Waals surface area contributed by atoms with E-state index in [0.717, 1.165) is 48.7 Å². The molecule has 2 fully saturated rings. The molecule has 0 saturated carbocycles. The van der Waals surface area contributed by atoms with E-state index in [1.165, 1.54) is 37.9 Å². The molecule has 3 aliphatic rings. The summed E-state index contributed by atoms with van der Waals surface area (Å²) < 4.78 is 7.65. The van der Waals surface area contributed by atoms with Crippen LogP contribution in [-0.4, -0.2) is 64.0 Å². The number of nitrogen functional groups attached to an aromatic ring is 1. The first-order chi connectivity index (χ1) is 16.6.